The van der Waals surface area contributed by atoms with Crippen molar-refractivity contribution in [1.82, 2.24) is 10.2 Å². The van der Waals surface area contributed by atoms with Crippen molar-refractivity contribution in [1.29, 1.82) is 0 Å². The van der Waals surface area contributed by atoms with E-state index in [0.29, 0.717) is 18.7 Å². The highest BCUT2D eigenvalue weighted by atomic mass is 19.1. The fraction of sp³-hybridized carbons (Fsp3) is 0.600. The monoisotopic (exact) mass is 284 g/mol. The molecule has 1 aliphatic rings. The van der Waals surface area contributed by atoms with Crippen molar-refractivity contribution in [2.75, 3.05) is 32.8 Å². The minimum Gasteiger partial charge on any atom is -0.374 e. The van der Waals surface area contributed by atoms with Crippen LogP contribution in [0.1, 0.15) is 25.5 Å². The Kier molecular flexibility index (Phi) is 5.46. The fourth-order valence-corrected chi connectivity index (χ4v) is 2.64. The normalized spacial score (nSPS) is 21.9. The summed E-state index contributed by atoms with van der Waals surface area (Å²) in [6, 6.07) is 3.48. The number of likely N-dealkylation sites (N-methyl/N-ethyl adjacent to an activating group) is 2. The zero-order valence-electron chi connectivity index (χ0n) is 12.0. The Morgan fingerprint density at radius 3 is 2.85 bits per heavy atom. The van der Waals surface area contributed by atoms with E-state index >= 15 is 0 Å². The van der Waals surface area contributed by atoms with E-state index in [9.17, 15) is 8.78 Å². The first-order valence-corrected chi connectivity index (χ1v) is 7.18. The molecule has 112 valence electrons. The third-order valence-electron chi connectivity index (χ3n) is 3.72. The molecule has 1 aromatic carbocycles. The number of hydrogen-bond acceptors (Lipinski definition) is 3. The lowest BCUT2D eigenvalue weighted by Crippen LogP contribution is -2.48. The molecule has 3 nitrogen and oxygen atoms in total. The summed E-state index contributed by atoms with van der Waals surface area (Å²) < 4.78 is 32.9. The van der Waals surface area contributed by atoms with Gasteiger partial charge in [-0.3, -0.25) is 4.90 Å². The zero-order chi connectivity index (χ0) is 14.5. The van der Waals surface area contributed by atoms with Crippen LogP contribution in [0.25, 0.3) is 0 Å². The van der Waals surface area contributed by atoms with Gasteiger partial charge in [0.1, 0.15) is 11.6 Å². The van der Waals surface area contributed by atoms with Gasteiger partial charge in [-0.15, -0.1) is 0 Å². The van der Waals surface area contributed by atoms with Crippen molar-refractivity contribution < 1.29 is 13.5 Å². The van der Waals surface area contributed by atoms with Gasteiger partial charge in [-0.1, -0.05) is 19.9 Å². The zero-order valence-corrected chi connectivity index (χ0v) is 12.0. The molecule has 1 aromatic rings. The molecule has 0 bridgehead atoms. The van der Waals surface area contributed by atoms with E-state index in [1.54, 1.807) is 0 Å². The van der Waals surface area contributed by atoms with Gasteiger partial charge in [0.25, 0.3) is 0 Å². The summed E-state index contributed by atoms with van der Waals surface area (Å²) in [4.78, 5) is 2.28. The van der Waals surface area contributed by atoms with Crippen LogP contribution in [0, 0.1) is 11.6 Å². The van der Waals surface area contributed by atoms with Crippen molar-refractivity contribution >= 4 is 0 Å². The van der Waals surface area contributed by atoms with E-state index in [2.05, 4.69) is 17.1 Å². The largest absolute Gasteiger partial charge is 0.374 e. The van der Waals surface area contributed by atoms with Crippen molar-refractivity contribution in [3.05, 3.63) is 35.4 Å². The highest BCUT2D eigenvalue weighted by Crippen LogP contribution is 2.25. The standard InChI is InChI=1S/C15H22F2N2O/c1-3-18-15(12-6-5-11(16)9-13(12)17)14-10-19(4-2)7-8-20-14/h5-6,9,14-15,18H,3-4,7-8,10H2,1-2H3. The van der Waals surface area contributed by atoms with Crippen LogP contribution in [-0.4, -0.2) is 43.8 Å². The van der Waals surface area contributed by atoms with Crippen molar-refractivity contribution in [3.8, 4) is 0 Å². The Morgan fingerprint density at radius 2 is 2.20 bits per heavy atom. The summed E-state index contributed by atoms with van der Waals surface area (Å²) in [6.45, 7) is 8.02. The highest BCUT2D eigenvalue weighted by molar-refractivity contribution is 5.23. The maximum Gasteiger partial charge on any atom is 0.130 e. The van der Waals surface area contributed by atoms with Crippen LogP contribution in [0.4, 0.5) is 8.78 Å². The smallest absolute Gasteiger partial charge is 0.130 e. The lowest BCUT2D eigenvalue weighted by Gasteiger charge is -2.37. The summed E-state index contributed by atoms with van der Waals surface area (Å²) in [5, 5.41) is 3.26. The molecule has 1 fully saturated rings. The molecule has 1 aliphatic heterocycles. The fourth-order valence-electron chi connectivity index (χ4n) is 2.64. The van der Waals surface area contributed by atoms with Gasteiger partial charge in [-0.2, -0.15) is 0 Å². The lowest BCUT2D eigenvalue weighted by atomic mass is 9.99. The second-order valence-corrected chi connectivity index (χ2v) is 5.00. The average Bonchev–Trinajstić information content (AvgIpc) is 2.45. The Balaban J connectivity index is 2.21. The third kappa shape index (κ3) is 3.53. The maximum absolute atomic E-state index is 14.0. The molecule has 0 aromatic heterocycles. The van der Waals surface area contributed by atoms with Gasteiger partial charge in [0, 0.05) is 24.7 Å². The molecular formula is C15H22F2N2O. The molecule has 0 aliphatic carbocycles. The number of nitrogens with one attached hydrogen (secondary N) is 1. The second kappa shape index (κ2) is 7.11. The number of rotatable bonds is 5. The van der Waals surface area contributed by atoms with Gasteiger partial charge < -0.3 is 10.1 Å². The summed E-state index contributed by atoms with van der Waals surface area (Å²) >= 11 is 0. The van der Waals surface area contributed by atoms with Crippen LogP contribution in [0.3, 0.4) is 0 Å². The Morgan fingerprint density at radius 1 is 1.40 bits per heavy atom. The van der Waals surface area contributed by atoms with Crippen LogP contribution >= 0.6 is 0 Å². The number of hydrogen-bond donors (Lipinski definition) is 1. The van der Waals surface area contributed by atoms with Crippen LogP contribution in [-0.2, 0) is 4.74 Å². The van der Waals surface area contributed by atoms with E-state index in [1.165, 1.54) is 12.1 Å². The minimum atomic E-state index is -0.554. The quantitative estimate of drug-likeness (QED) is 0.898. The van der Waals surface area contributed by atoms with Crippen LogP contribution in [0.5, 0.6) is 0 Å². The summed E-state index contributed by atoms with van der Waals surface area (Å²) in [7, 11) is 0. The maximum atomic E-state index is 14.0. The number of benzene rings is 1. The van der Waals surface area contributed by atoms with Gasteiger partial charge in [-0.05, 0) is 19.2 Å². The third-order valence-corrected chi connectivity index (χ3v) is 3.72. The molecule has 2 atom stereocenters. The van der Waals surface area contributed by atoms with E-state index < -0.39 is 11.6 Å². The van der Waals surface area contributed by atoms with E-state index in [0.717, 1.165) is 25.7 Å². The highest BCUT2D eigenvalue weighted by Gasteiger charge is 2.30. The van der Waals surface area contributed by atoms with Gasteiger partial charge in [0.2, 0.25) is 0 Å². The second-order valence-electron chi connectivity index (χ2n) is 5.00. The van der Waals surface area contributed by atoms with E-state index in [4.69, 9.17) is 4.74 Å². The van der Waals surface area contributed by atoms with Gasteiger partial charge in [-0.25, -0.2) is 8.78 Å². The van der Waals surface area contributed by atoms with E-state index in [-0.39, 0.29) is 12.1 Å². The molecule has 20 heavy (non-hydrogen) atoms. The number of morpholine rings is 1. The molecule has 2 rings (SSSR count). The first-order valence-electron chi connectivity index (χ1n) is 7.18. The summed E-state index contributed by atoms with van der Waals surface area (Å²) in [6.07, 6.45) is -0.122. The molecule has 1 saturated heterocycles. The SMILES string of the molecule is CCNC(c1ccc(F)cc1F)C1CN(CC)CCO1. The molecule has 0 spiro atoms. The Hall–Kier alpha value is -1.04. The first kappa shape index (κ1) is 15.4. The van der Waals surface area contributed by atoms with E-state index in [1.807, 2.05) is 6.92 Å². The first-order chi connectivity index (χ1) is 9.65. The van der Waals surface area contributed by atoms with Gasteiger partial charge in [0.05, 0.1) is 18.8 Å². The molecule has 0 saturated carbocycles. The Labute approximate surface area is 118 Å². The summed E-state index contributed by atoms with van der Waals surface area (Å²) in [5.41, 5.74) is 0.469. The molecular weight excluding hydrogens is 262 g/mol. The lowest BCUT2D eigenvalue weighted by molar-refractivity contribution is -0.0459. The van der Waals surface area contributed by atoms with Gasteiger partial charge in [0.15, 0.2) is 0 Å². The average molecular weight is 284 g/mol. The topological polar surface area (TPSA) is 24.5 Å². The molecule has 0 amide bonds. The number of ether oxygens (including phenoxy) is 1. The molecule has 5 heteroatoms. The molecule has 0 radical (unpaired) electrons. The number of halogens is 2. The predicted molar refractivity (Wildman–Crippen MR) is 74.6 cm³/mol. The van der Waals surface area contributed by atoms with Crippen molar-refractivity contribution in [3.63, 3.8) is 0 Å². The van der Waals surface area contributed by atoms with Crippen LogP contribution in [0.2, 0.25) is 0 Å². The molecule has 1 heterocycles. The minimum absolute atomic E-state index is 0.122. The molecule has 2 unspecified atom stereocenters. The van der Waals surface area contributed by atoms with Crippen LogP contribution < -0.4 is 5.32 Å². The Bertz CT molecular complexity index is 442. The number of nitrogens with zero attached hydrogens (tertiary/aromatic N) is 1. The van der Waals surface area contributed by atoms with Crippen LogP contribution in [0.15, 0.2) is 18.2 Å². The molecule has 1 N–H and O–H groups in total. The predicted octanol–water partition coefficient (Wildman–Crippen LogP) is 2.34. The summed E-state index contributed by atoms with van der Waals surface area (Å²) in [5.74, 6) is -1.07. The van der Waals surface area contributed by atoms with Crippen molar-refractivity contribution in [2.45, 2.75) is 26.0 Å². The van der Waals surface area contributed by atoms with Crippen molar-refractivity contribution in [2.24, 2.45) is 0 Å². The van der Waals surface area contributed by atoms with Gasteiger partial charge >= 0.3 is 0 Å².